The molecule has 136 valence electrons. The van der Waals surface area contributed by atoms with E-state index in [4.69, 9.17) is 10.5 Å². The van der Waals surface area contributed by atoms with E-state index >= 15 is 0 Å². The van der Waals surface area contributed by atoms with Gasteiger partial charge in [0.15, 0.2) is 0 Å². The Morgan fingerprint density at radius 2 is 1.46 bits per heavy atom. The summed E-state index contributed by atoms with van der Waals surface area (Å²) in [7, 11) is 2.18. The molecule has 1 saturated heterocycles. The SMILES string of the molecule is CN1CCN(CCCOc2ccc(C#Cc3ccc(N)cc3)cc2)CC1. The van der Waals surface area contributed by atoms with E-state index in [1.807, 2.05) is 48.5 Å². The summed E-state index contributed by atoms with van der Waals surface area (Å²) in [6, 6.07) is 15.6. The van der Waals surface area contributed by atoms with E-state index in [0.717, 1.165) is 55.2 Å². The van der Waals surface area contributed by atoms with Gasteiger partial charge in [-0.2, -0.15) is 0 Å². The third-order valence-electron chi connectivity index (χ3n) is 4.60. The number of hydrogen-bond donors (Lipinski definition) is 1. The molecular formula is C22H27N3O. The normalized spacial score (nSPS) is 15.3. The van der Waals surface area contributed by atoms with Crippen molar-refractivity contribution in [2.45, 2.75) is 6.42 Å². The van der Waals surface area contributed by atoms with Crippen molar-refractivity contribution in [3.63, 3.8) is 0 Å². The third-order valence-corrected chi connectivity index (χ3v) is 4.60. The lowest BCUT2D eigenvalue weighted by atomic mass is 10.1. The Balaban J connectivity index is 1.41. The predicted molar refractivity (Wildman–Crippen MR) is 107 cm³/mol. The zero-order valence-corrected chi connectivity index (χ0v) is 15.4. The highest BCUT2D eigenvalue weighted by molar-refractivity contribution is 5.48. The lowest BCUT2D eigenvalue weighted by molar-refractivity contribution is 0.145. The van der Waals surface area contributed by atoms with Gasteiger partial charge in [-0.1, -0.05) is 11.8 Å². The van der Waals surface area contributed by atoms with Gasteiger partial charge in [0.25, 0.3) is 0 Å². The van der Waals surface area contributed by atoms with E-state index in [1.54, 1.807) is 0 Å². The Morgan fingerprint density at radius 1 is 0.885 bits per heavy atom. The molecule has 26 heavy (non-hydrogen) atoms. The summed E-state index contributed by atoms with van der Waals surface area (Å²) in [6.45, 7) is 6.52. The fourth-order valence-electron chi connectivity index (χ4n) is 2.89. The van der Waals surface area contributed by atoms with E-state index in [-0.39, 0.29) is 0 Å². The van der Waals surface area contributed by atoms with Gasteiger partial charge in [0.1, 0.15) is 5.75 Å². The fraction of sp³-hybridized carbons (Fsp3) is 0.364. The minimum atomic E-state index is 0.753. The predicted octanol–water partition coefficient (Wildman–Crippen LogP) is 2.68. The van der Waals surface area contributed by atoms with Crippen molar-refractivity contribution in [2.75, 3.05) is 52.1 Å². The summed E-state index contributed by atoms with van der Waals surface area (Å²) in [6.07, 6.45) is 1.06. The summed E-state index contributed by atoms with van der Waals surface area (Å²) < 4.78 is 5.85. The van der Waals surface area contributed by atoms with E-state index < -0.39 is 0 Å². The highest BCUT2D eigenvalue weighted by Gasteiger charge is 2.12. The Bertz CT molecular complexity index is 736. The van der Waals surface area contributed by atoms with Crippen LogP contribution in [0.5, 0.6) is 5.75 Å². The number of rotatable bonds is 5. The van der Waals surface area contributed by atoms with Gasteiger partial charge in [-0.05, 0) is 62.0 Å². The Morgan fingerprint density at radius 3 is 2.08 bits per heavy atom. The second-order valence-corrected chi connectivity index (χ2v) is 6.74. The summed E-state index contributed by atoms with van der Waals surface area (Å²) in [5, 5.41) is 0. The zero-order valence-electron chi connectivity index (χ0n) is 15.4. The Hall–Kier alpha value is -2.48. The molecular weight excluding hydrogens is 322 g/mol. The highest BCUT2D eigenvalue weighted by Crippen LogP contribution is 2.12. The van der Waals surface area contributed by atoms with Gasteiger partial charge in [-0.25, -0.2) is 0 Å². The third kappa shape index (κ3) is 5.80. The minimum absolute atomic E-state index is 0.753. The first-order valence-corrected chi connectivity index (χ1v) is 9.20. The van der Waals surface area contributed by atoms with Gasteiger partial charge >= 0.3 is 0 Å². The fourth-order valence-corrected chi connectivity index (χ4v) is 2.89. The largest absolute Gasteiger partial charge is 0.494 e. The molecule has 1 aliphatic heterocycles. The van der Waals surface area contributed by atoms with Crippen molar-refractivity contribution in [1.29, 1.82) is 0 Å². The lowest BCUT2D eigenvalue weighted by Gasteiger charge is -2.32. The van der Waals surface area contributed by atoms with Gasteiger partial charge in [0.2, 0.25) is 0 Å². The van der Waals surface area contributed by atoms with Crippen LogP contribution in [0.3, 0.4) is 0 Å². The van der Waals surface area contributed by atoms with Crippen LogP contribution in [-0.2, 0) is 0 Å². The van der Waals surface area contributed by atoms with Gasteiger partial charge in [0, 0.05) is 49.5 Å². The number of nitrogens with zero attached hydrogens (tertiary/aromatic N) is 2. The van der Waals surface area contributed by atoms with Crippen LogP contribution in [-0.4, -0.2) is 56.2 Å². The van der Waals surface area contributed by atoms with Gasteiger partial charge < -0.3 is 20.3 Å². The molecule has 2 aromatic rings. The maximum absolute atomic E-state index is 5.85. The molecule has 0 aliphatic carbocycles. The van der Waals surface area contributed by atoms with Crippen LogP contribution in [0, 0.1) is 11.8 Å². The summed E-state index contributed by atoms with van der Waals surface area (Å²) >= 11 is 0. The smallest absolute Gasteiger partial charge is 0.119 e. The average Bonchev–Trinajstić information content (AvgIpc) is 2.67. The topological polar surface area (TPSA) is 41.7 Å². The summed E-state index contributed by atoms with van der Waals surface area (Å²) in [4.78, 5) is 4.89. The van der Waals surface area contributed by atoms with E-state index in [9.17, 15) is 0 Å². The molecule has 3 rings (SSSR count). The van der Waals surface area contributed by atoms with Crippen LogP contribution >= 0.6 is 0 Å². The van der Waals surface area contributed by atoms with Crippen molar-refractivity contribution in [1.82, 2.24) is 9.80 Å². The summed E-state index contributed by atoms with van der Waals surface area (Å²) in [5.74, 6) is 7.21. The zero-order chi connectivity index (χ0) is 18.2. The number of piperazine rings is 1. The molecule has 0 unspecified atom stereocenters. The molecule has 1 heterocycles. The molecule has 0 aromatic heterocycles. The number of anilines is 1. The minimum Gasteiger partial charge on any atom is -0.494 e. The molecule has 4 heteroatoms. The second-order valence-electron chi connectivity index (χ2n) is 6.74. The monoisotopic (exact) mass is 349 g/mol. The number of ether oxygens (including phenoxy) is 1. The lowest BCUT2D eigenvalue weighted by Crippen LogP contribution is -2.44. The molecule has 2 aromatic carbocycles. The van der Waals surface area contributed by atoms with Crippen molar-refractivity contribution in [3.05, 3.63) is 59.7 Å². The molecule has 4 nitrogen and oxygen atoms in total. The van der Waals surface area contributed by atoms with Crippen molar-refractivity contribution < 1.29 is 4.74 Å². The van der Waals surface area contributed by atoms with Gasteiger partial charge in [-0.3, -0.25) is 0 Å². The Kier molecular flexibility index (Phi) is 6.54. The molecule has 1 fully saturated rings. The van der Waals surface area contributed by atoms with Crippen LogP contribution in [0.25, 0.3) is 0 Å². The maximum atomic E-state index is 5.85. The molecule has 2 N–H and O–H groups in total. The molecule has 0 bridgehead atoms. The van der Waals surface area contributed by atoms with Crippen molar-refractivity contribution >= 4 is 5.69 Å². The Labute approximate surface area is 156 Å². The quantitative estimate of drug-likeness (QED) is 0.512. The molecule has 0 spiro atoms. The average molecular weight is 349 g/mol. The van der Waals surface area contributed by atoms with E-state index in [0.29, 0.717) is 0 Å². The first-order chi connectivity index (χ1) is 12.7. The van der Waals surface area contributed by atoms with Crippen molar-refractivity contribution in [3.8, 4) is 17.6 Å². The van der Waals surface area contributed by atoms with Crippen LogP contribution in [0.4, 0.5) is 5.69 Å². The first kappa shape index (κ1) is 18.3. The number of nitrogen functional groups attached to an aromatic ring is 1. The molecule has 0 saturated carbocycles. The second kappa shape index (κ2) is 9.28. The van der Waals surface area contributed by atoms with E-state index in [1.165, 1.54) is 13.1 Å². The number of likely N-dealkylation sites (N-methyl/N-ethyl adjacent to an activating group) is 1. The van der Waals surface area contributed by atoms with Crippen LogP contribution in [0.2, 0.25) is 0 Å². The molecule has 0 radical (unpaired) electrons. The molecule has 0 amide bonds. The summed E-state index contributed by atoms with van der Waals surface area (Å²) in [5.41, 5.74) is 8.38. The van der Waals surface area contributed by atoms with E-state index in [2.05, 4.69) is 28.7 Å². The van der Waals surface area contributed by atoms with Crippen LogP contribution in [0.1, 0.15) is 17.5 Å². The van der Waals surface area contributed by atoms with Gasteiger partial charge in [-0.15, -0.1) is 0 Å². The van der Waals surface area contributed by atoms with Gasteiger partial charge in [0.05, 0.1) is 6.61 Å². The first-order valence-electron chi connectivity index (χ1n) is 9.20. The standard InChI is InChI=1S/C22H27N3O/c1-24-14-16-25(17-15-24)13-2-18-26-22-11-7-20(8-12-22)4-3-19-5-9-21(23)10-6-19/h5-12H,2,13-18,23H2,1H3. The van der Waals surface area contributed by atoms with Crippen molar-refractivity contribution in [2.24, 2.45) is 0 Å². The number of benzene rings is 2. The molecule has 0 atom stereocenters. The highest BCUT2D eigenvalue weighted by atomic mass is 16.5. The van der Waals surface area contributed by atoms with Crippen LogP contribution < -0.4 is 10.5 Å². The molecule has 1 aliphatic rings. The maximum Gasteiger partial charge on any atom is 0.119 e. The number of hydrogen-bond acceptors (Lipinski definition) is 4. The van der Waals surface area contributed by atoms with Crippen LogP contribution in [0.15, 0.2) is 48.5 Å². The number of nitrogens with two attached hydrogens (primary N) is 1.